The summed E-state index contributed by atoms with van der Waals surface area (Å²) < 4.78 is 1.62. The van der Waals surface area contributed by atoms with Crippen molar-refractivity contribution in [2.24, 2.45) is 0 Å². The minimum atomic E-state index is -0.647. The summed E-state index contributed by atoms with van der Waals surface area (Å²) in [6.45, 7) is 6.37. The SMILES string of the molecule is CCNC(C)(C)C(=O)Nc1cccnc1-n1cccn1. The van der Waals surface area contributed by atoms with Crippen LogP contribution >= 0.6 is 0 Å². The van der Waals surface area contributed by atoms with Crippen LogP contribution in [0.4, 0.5) is 5.69 Å². The van der Waals surface area contributed by atoms with E-state index in [2.05, 4.69) is 20.7 Å². The van der Waals surface area contributed by atoms with E-state index in [0.29, 0.717) is 11.5 Å². The summed E-state index contributed by atoms with van der Waals surface area (Å²) in [7, 11) is 0. The van der Waals surface area contributed by atoms with Gasteiger partial charge in [0.2, 0.25) is 5.91 Å². The highest BCUT2D eigenvalue weighted by atomic mass is 16.2. The molecule has 0 unspecified atom stereocenters. The standard InChI is InChI=1S/C14H19N5O/c1-4-16-14(2,3)13(20)18-11-7-5-8-15-12(11)19-10-6-9-17-19/h5-10,16H,4H2,1-3H3,(H,18,20). The Bertz CT molecular complexity index is 577. The Morgan fingerprint density at radius 1 is 1.35 bits per heavy atom. The van der Waals surface area contributed by atoms with Crippen LogP contribution in [0.5, 0.6) is 0 Å². The molecule has 6 nitrogen and oxygen atoms in total. The number of hydrogen-bond acceptors (Lipinski definition) is 4. The van der Waals surface area contributed by atoms with Crippen LogP contribution in [-0.2, 0) is 4.79 Å². The van der Waals surface area contributed by atoms with Gasteiger partial charge in [-0.2, -0.15) is 5.10 Å². The normalized spacial score (nSPS) is 11.3. The lowest BCUT2D eigenvalue weighted by atomic mass is 10.0. The van der Waals surface area contributed by atoms with Gasteiger partial charge >= 0.3 is 0 Å². The number of rotatable bonds is 5. The summed E-state index contributed by atoms with van der Waals surface area (Å²) in [5.41, 5.74) is -0.0152. The third-order valence-electron chi connectivity index (χ3n) is 2.94. The van der Waals surface area contributed by atoms with Crippen LogP contribution in [0, 0.1) is 0 Å². The van der Waals surface area contributed by atoms with Crippen molar-refractivity contribution in [1.29, 1.82) is 0 Å². The Kier molecular flexibility index (Phi) is 4.14. The number of nitrogens with one attached hydrogen (secondary N) is 2. The van der Waals surface area contributed by atoms with Crippen LogP contribution < -0.4 is 10.6 Å². The van der Waals surface area contributed by atoms with E-state index < -0.39 is 5.54 Å². The van der Waals surface area contributed by atoms with Crippen molar-refractivity contribution in [3.8, 4) is 5.82 Å². The number of carbonyl (C=O) groups excluding carboxylic acids is 1. The first-order valence-electron chi connectivity index (χ1n) is 6.56. The number of hydrogen-bond donors (Lipinski definition) is 2. The average molecular weight is 273 g/mol. The van der Waals surface area contributed by atoms with Crippen LogP contribution in [0.1, 0.15) is 20.8 Å². The van der Waals surface area contributed by atoms with Crippen molar-refractivity contribution in [2.45, 2.75) is 26.3 Å². The first kappa shape index (κ1) is 14.2. The fourth-order valence-electron chi connectivity index (χ4n) is 1.87. The summed E-state index contributed by atoms with van der Waals surface area (Å²) in [6, 6.07) is 5.40. The minimum Gasteiger partial charge on any atom is -0.321 e. The molecule has 0 radical (unpaired) electrons. The van der Waals surface area contributed by atoms with Crippen LogP contribution in [0.3, 0.4) is 0 Å². The number of carbonyl (C=O) groups is 1. The Balaban J connectivity index is 2.25. The number of amides is 1. The van der Waals surface area contributed by atoms with Crippen molar-refractivity contribution >= 4 is 11.6 Å². The molecule has 0 saturated heterocycles. The molecule has 0 saturated carbocycles. The first-order chi connectivity index (χ1) is 9.54. The van der Waals surface area contributed by atoms with E-state index >= 15 is 0 Å². The van der Waals surface area contributed by atoms with Crippen LogP contribution in [0.15, 0.2) is 36.8 Å². The molecule has 0 aromatic carbocycles. The highest BCUT2D eigenvalue weighted by molar-refractivity contribution is 5.98. The van der Waals surface area contributed by atoms with Crippen LogP contribution in [-0.4, -0.2) is 32.8 Å². The Hall–Kier alpha value is -2.21. The second-order valence-electron chi connectivity index (χ2n) is 4.93. The van der Waals surface area contributed by atoms with E-state index in [1.807, 2.05) is 32.9 Å². The largest absolute Gasteiger partial charge is 0.321 e. The predicted molar refractivity (Wildman–Crippen MR) is 77.7 cm³/mol. The molecule has 0 aliphatic carbocycles. The molecule has 0 bridgehead atoms. The summed E-state index contributed by atoms with van der Waals surface area (Å²) in [4.78, 5) is 16.6. The Morgan fingerprint density at radius 2 is 2.15 bits per heavy atom. The van der Waals surface area contributed by atoms with E-state index in [-0.39, 0.29) is 5.91 Å². The van der Waals surface area contributed by atoms with Gasteiger partial charge < -0.3 is 10.6 Å². The van der Waals surface area contributed by atoms with Gasteiger partial charge in [0.15, 0.2) is 5.82 Å². The van der Waals surface area contributed by atoms with E-state index in [4.69, 9.17) is 0 Å². The van der Waals surface area contributed by atoms with Crippen LogP contribution in [0.25, 0.3) is 5.82 Å². The molecule has 0 aliphatic heterocycles. The second-order valence-corrected chi connectivity index (χ2v) is 4.93. The number of aromatic nitrogens is 3. The molecule has 2 aromatic rings. The highest BCUT2D eigenvalue weighted by Crippen LogP contribution is 2.17. The van der Waals surface area contributed by atoms with Gasteiger partial charge in [-0.3, -0.25) is 4.79 Å². The Morgan fingerprint density at radius 3 is 2.80 bits per heavy atom. The van der Waals surface area contributed by atoms with Gasteiger partial charge in [-0.15, -0.1) is 0 Å². The zero-order valence-corrected chi connectivity index (χ0v) is 11.9. The van der Waals surface area contributed by atoms with Gasteiger partial charge in [-0.05, 0) is 38.6 Å². The molecule has 2 aromatic heterocycles. The zero-order valence-electron chi connectivity index (χ0n) is 11.9. The van der Waals surface area contributed by atoms with Gasteiger partial charge in [0, 0.05) is 18.6 Å². The van der Waals surface area contributed by atoms with E-state index in [9.17, 15) is 4.79 Å². The van der Waals surface area contributed by atoms with Gasteiger partial charge in [-0.1, -0.05) is 6.92 Å². The predicted octanol–water partition coefficient (Wildman–Crippen LogP) is 1.59. The average Bonchev–Trinajstić information content (AvgIpc) is 2.93. The molecule has 106 valence electrons. The Labute approximate surface area is 118 Å². The number of anilines is 1. The summed E-state index contributed by atoms with van der Waals surface area (Å²) in [5, 5.41) is 10.2. The van der Waals surface area contributed by atoms with Crippen molar-refractivity contribution in [3.63, 3.8) is 0 Å². The maximum absolute atomic E-state index is 12.3. The van der Waals surface area contributed by atoms with Crippen molar-refractivity contribution in [1.82, 2.24) is 20.1 Å². The molecule has 0 aliphatic rings. The summed E-state index contributed by atoms with van der Waals surface area (Å²) in [6.07, 6.45) is 5.12. The van der Waals surface area contributed by atoms with Crippen molar-refractivity contribution < 1.29 is 4.79 Å². The molecule has 0 atom stereocenters. The molecule has 6 heteroatoms. The molecular weight excluding hydrogens is 254 g/mol. The van der Waals surface area contributed by atoms with E-state index in [1.165, 1.54) is 0 Å². The van der Waals surface area contributed by atoms with E-state index in [1.54, 1.807) is 29.3 Å². The lowest BCUT2D eigenvalue weighted by molar-refractivity contribution is -0.121. The molecule has 0 fully saturated rings. The third kappa shape index (κ3) is 3.03. The van der Waals surface area contributed by atoms with Crippen molar-refractivity contribution in [2.75, 3.05) is 11.9 Å². The molecular formula is C14H19N5O. The quantitative estimate of drug-likeness (QED) is 0.868. The van der Waals surface area contributed by atoms with Gasteiger partial charge in [0.05, 0.1) is 11.2 Å². The molecule has 2 heterocycles. The summed E-state index contributed by atoms with van der Waals surface area (Å²) >= 11 is 0. The molecule has 1 amide bonds. The molecule has 2 N–H and O–H groups in total. The zero-order chi connectivity index (χ0) is 14.6. The fraction of sp³-hybridized carbons (Fsp3) is 0.357. The molecule has 0 spiro atoms. The fourth-order valence-corrected chi connectivity index (χ4v) is 1.87. The second kappa shape index (κ2) is 5.83. The monoisotopic (exact) mass is 273 g/mol. The van der Waals surface area contributed by atoms with Gasteiger partial charge in [0.25, 0.3) is 0 Å². The molecule has 20 heavy (non-hydrogen) atoms. The van der Waals surface area contributed by atoms with Crippen molar-refractivity contribution in [3.05, 3.63) is 36.8 Å². The highest BCUT2D eigenvalue weighted by Gasteiger charge is 2.27. The molecule has 2 rings (SSSR count). The third-order valence-corrected chi connectivity index (χ3v) is 2.94. The number of pyridine rings is 1. The topological polar surface area (TPSA) is 71.8 Å². The maximum atomic E-state index is 12.3. The van der Waals surface area contributed by atoms with Gasteiger partial charge in [0.1, 0.15) is 0 Å². The minimum absolute atomic E-state index is 0.110. The lowest BCUT2D eigenvalue weighted by Gasteiger charge is -2.24. The van der Waals surface area contributed by atoms with Crippen LogP contribution in [0.2, 0.25) is 0 Å². The smallest absolute Gasteiger partial charge is 0.244 e. The lowest BCUT2D eigenvalue weighted by Crippen LogP contribution is -2.49. The number of nitrogens with zero attached hydrogens (tertiary/aromatic N) is 3. The van der Waals surface area contributed by atoms with E-state index in [0.717, 1.165) is 6.54 Å². The summed E-state index contributed by atoms with van der Waals surface area (Å²) in [5.74, 6) is 0.485. The first-order valence-corrected chi connectivity index (χ1v) is 6.56. The van der Waals surface area contributed by atoms with Gasteiger partial charge in [-0.25, -0.2) is 9.67 Å². The number of likely N-dealkylation sites (N-methyl/N-ethyl adjacent to an activating group) is 1. The maximum Gasteiger partial charge on any atom is 0.244 e.